The standard InChI is InChI=1S/C15H10F3NO2S3/c1-9-14(22)7-11(23-9)6-13(8-19)24(20,21)12-4-2-10(3-5-12)15(16,17)18/h2-7,22H,1H3/b13-6+. The molecule has 0 saturated carbocycles. The van der Waals surface area contributed by atoms with Gasteiger partial charge in [0, 0.05) is 14.6 Å². The molecule has 1 aromatic carbocycles. The molecule has 0 saturated heterocycles. The number of allylic oxidation sites excluding steroid dienone is 1. The molecule has 0 aliphatic carbocycles. The number of nitriles is 1. The van der Waals surface area contributed by atoms with E-state index in [9.17, 15) is 21.6 Å². The summed E-state index contributed by atoms with van der Waals surface area (Å²) in [5.74, 6) is 0. The molecule has 0 aliphatic heterocycles. The van der Waals surface area contributed by atoms with Gasteiger partial charge in [0.15, 0.2) is 4.91 Å². The fourth-order valence-corrected chi connectivity index (χ4v) is 4.27. The van der Waals surface area contributed by atoms with Crippen LogP contribution in [0.4, 0.5) is 13.2 Å². The summed E-state index contributed by atoms with van der Waals surface area (Å²) in [6, 6.07) is 6.23. The summed E-state index contributed by atoms with van der Waals surface area (Å²) in [6.07, 6.45) is -3.38. The first kappa shape index (κ1) is 18.6. The van der Waals surface area contributed by atoms with Gasteiger partial charge in [0.2, 0.25) is 9.84 Å². The topological polar surface area (TPSA) is 57.9 Å². The van der Waals surface area contributed by atoms with Crippen molar-refractivity contribution in [1.82, 2.24) is 0 Å². The van der Waals surface area contributed by atoms with Crippen LogP contribution >= 0.6 is 24.0 Å². The largest absolute Gasteiger partial charge is 0.416 e. The Hall–Kier alpha value is -1.76. The van der Waals surface area contributed by atoms with E-state index in [4.69, 9.17) is 5.26 Å². The third-order valence-electron chi connectivity index (χ3n) is 3.08. The Morgan fingerprint density at radius 1 is 1.29 bits per heavy atom. The van der Waals surface area contributed by atoms with Gasteiger partial charge in [0.05, 0.1) is 10.5 Å². The number of nitrogens with zero attached hydrogens (tertiary/aromatic N) is 1. The maximum atomic E-state index is 12.5. The van der Waals surface area contributed by atoms with Gasteiger partial charge in [-0.05, 0) is 43.3 Å². The Balaban J connectivity index is 2.46. The van der Waals surface area contributed by atoms with Crippen molar-refractivity contribution in [2.45, 2.75) is 22.9 Å². The number of benzene rings is 1. The van der Waals surface area contributed by atoms with E-state index in [0.717, 1.165) is 17.0 Å². The average Bonchev–Trinajstić information content (AvgIpc) is 2.82. The van der Waals surface area contributed by atoms with E-state index in [0.29, 0.717) is 21.9 Å². The highest BCUT2D eigenvalue weighted by atomic mass is 32.2. The fourth-order valence-electron chi connectivity index (χ4n) is 1.82. The van der Waals surface area contributed by atoms with E-state index in [1.54, 1.807) is 19.1 Å². The van der Waals surface area contributed by atoms with Crippen LogP contribution in [0.2, 0.25) is 0 Å². The molecule has 24 heavy (non-hydrogen) atoms. The number of thiol groups is 1. The number of hydrogen-bond acceptors (Lipinski definition) is 5. The zero-order valence-electron chi connectivity index (χ0n) is 12.1. The van der Waals surface area contributed by atoms with Crippen molar-refractivity contribution in [3.63, 3.8) is 0 Å². The van der Waals surface area contributed by atoms with Crippen LogP contribution in [0, 0.1) is 18.3 Å². The van der Waals surface area contributed by atoms with Gasteiger partial charge in [-0.25, -0.2) is 8.42 Å². The fraction of sp³-hybridized carbons (Fsp3) is 0.133. The highest BCUT2D eigenvalue weighted by Crippen LogP contribution is 2.32. The number of aryl methyl sites for hydroxylation is 1. The third-order valence-corrected chi connectivity index (χ3v) is 6.37. The molecule has 0 unspecified atom stereocenters. The van der Waals surface area contributed by atoms with Crippen LogP contribution in [0.5, 0.6) is 0 Å². The van der Waals surface area contributed by atoms with Gasteiger partial charge < -0.3 is 0 Å². The van der Waals surface area contributed by atoms with Gasteiger partial charge in [0.1, 0.15) is 6.07 Å². The van der Waals surface area contributed by atoms with Crippen molar-refractivity contribution >= 4 is 39.9 Å². The minimum absolute atomic E-state index is 0.373. The van der Waals surface area contributed by atoms with Gasteiger partial charge in [-0.1, -0.05) is 0 Å². The molecule has 0 amide bonds. The van der Waals surface area contributed by atoms with Crippen molar-refractivity contribution < 1.29 is 21.6 Å². The van der Waals surface area contributed by atoms with Crippen LogP contribution in [0.1, 0.15) is 15.3 Å². The number of hydrogen-bond donors (Lipinski definition) is 1. The van der Waals surface area contributed by atoms with Crippen LogP contribution in [0.15, 0.2) is 45.0 Å². The zero-order chi connectivity index (χ0) is 18.1. The maximum absolute atomic E-state index is 12.5. The van der Waals surface area contributed by atoms with E-state index in [-0.39, 0.29) is 4.90 Å². The molecule has 0 radical (unpaired) electrons. The van der Waals surface area contributed by atoms with E-state index in [1.165, 1.54) is 17.4 Å². The average molecular weight is 389 g/mol. The molecule has 9 heteroatoms. The summed E-state index contributed by atoms with van der Waals surface area (Å²) in [5.41, 5.74) is -0.961. The lowest BCUT2D eigenvalue weighted by Gasteiger charge is -2.07. The summed E-state index contributed by atoms with van der Waals surface area (Å²) in [6.45, 7) is 1.79. The van der Waals surface area contributed by atoms with E-state index in [1.807, 2.05) is 0 Å². The summed E-state index contributed by atoms with van der Waals surface area (Å²) in [7, 11) is -4.20. The molecule has 126 valence electrons. The number of halogens is 3. The van der Waals surface area contributed by atoms with Crippen LogP contribution in [0.3, 0.4) is 0 Å². The number of thiophene rings is 1. The lowest BCUT2D eigenvalue weighted by molar-refractivity contribution is -0.137. The predicted molar refractivity (Wildman–Crippen MR) is 88.5 cm³/mol. The summed E-state index contributed by atoms with van der Waals surface area (Å²) >= 11 is 5.45. The zero-order valence-corrected chi connectivity index (χ0v) is 14.7. The molecule has 0 bridgehead atoms. The van der Waals surface area contributed by atoms with Gasteiger partial charge in [-0.3, -0.25) is 0 Å². The summed E-state index contributed by atoms with van der Waals surface area (Å²) in [5, 5.41) is 9.15. The molecule has 0 N–H and O–H groups in total. The molecule has 2 rings (SSSR count). The van der Waals surface area contributed by atoms with Crippen molar-refractivity contribution in [3.8, 4) is 6.07 Å². The van der Waals surface area contributed by atoms with Crippen molar-refractivity contribution in [2.75, 3.05) is 0 Å². The Kier molecular flexibility index (Phi) is 5.13. The number of rotatable bonds is 3. The molecule has 3 nitrogen and oxygen atoms in total. The molecule has 1 heterocycles. The van der Waals surface area contributed by atoms with Crippen molar-refractivity contribution in [2.24, 2.45) is 0 Å². The predicted octanol–water partition coefficient (Wildman–Crippen LogP) is 4.70. The minimum atomic E-state index is -4.56. The maximum Gasteiger partial charge on any atom is 0.416 e. The SMILES string of the molecule is Cc1sc(/C=C(\C#N)S(=O)(=O)c2ccc(C(F)(F)F)cc2)cc1S. The Labute approximate surface area is 146 Å². The van der Waals surface area contributed by atoms with Gasteiger partial charge in [-0.15, -0.1) is 24.0 Å². The molecule has 0 atom stereocenters. The Bertz CT molecular complexity index is 914. The molecule has 0 fully saturated rings. The second-order valence-corrected chi connectivity index (χ2v) is 8.42. The van der Waals surface area contributed by atoms with Crippen LogP contribution in [0.25, 0.3) is 6.08 Å². The first-order valence-electron chi connectivity index (χ1n) is 6.39. The highest BCUT2D eigenvalue weighted by Gasteiger charge is 2.31. The second-order valence-electron chi connectivity index (χ2n) is 4.74. The first-order chi connectivity index (χ1) is 11.1. The van der Waals surface area contributed by atoms with E-state index >= 15 is 0 Å². The second kappa shape index (κ2) is 6.63. The number of alkyl halides is 3. The Morgan fingerprint density at radius 3 is 2.29 bits per heavy atom. The van der Waals surface area contributed by atoms with Crippen LogP contribution in [-0.4, -0.2) is 8.42 Å². The Morgan fingerprint density at radius 2 is 1.88 bits per heavy atom. The first-order valence-corrected chi connectivity index (χ1v) is 9.14. The van der Waals surface area contributed by atoms with Gasteiger partial charge >= 0.3 is 6.18 Å². The molecule has 1 aromatic heterocycles. The summed E-state index contributed by atoms with van der Waals surface area (Å²) in [4.78, 5) is 1.12. The highest BCUT2D eigenvalue weighted by molar-refractivity contribution is 7.95. The quantitative estimate of drug-likeness (QED) is 0.611. The van der Waals surface area contributed by atoms with E-state index in [2.05, 4.69) is 12.6 Å². The molecule has 0 spiro atoms. The van der Waals surface area contributed by atoms with Crippen LogP contribution < -0.4 is 0 Å². The van der Waals surface area contributed by atoms with Gasteiger partial charge in [0.25, 0.3) is 0 Å². The van der Waals surface area contributed by atoms with Crippen molar-refractivity contribution in [3.05, 3.63) is 50.6 Å². The molecule has 0 aliphatic rings. The minimum Gasteiger partial charge on any atom is -0.218 e. The monoisotopic (exact) mass is 389 g/mol. The van der Waals surface area contributed by atoms with E-state index < -0.39 is 26.5 Å². The van der Waals surface area contributed by atoms with Gasteiger partial charge in [-0.2, -0.15) is 18.4 Å². The third kappa shape index (κ3) is 3.83. The summed E-state index contributed by atoms with van der Waals surface area (Å²) < 4.78 is 62.5. The van der Waals surface area contributed by atoms with Crippen LogP contribution in [-0.2, 0) is 16.0 Å². The lowest BCUT2D eigenvalue weighted by atomic mass is 10.2. The van der Waals surface area contributed by atoms with Crippen molar-refractivity contribution in [1.29, 1.82) is 5.26 Å². The molecule has 2 aromatic rings. The smallest absolute Gasteiger partial charge is 0.218 e. The normalized spacial score (nSPS) is 12.9. The molecular weight excluding hydrogens is 379 g/mol. The lowest BCUT2D eigenvalue weighted by Crippen LogP contribution is -2.07. The number of sulfone groups is 1. The molecular formula is C15H10F3NO2S3.